The van der Waals surface area contributed by atoms with Crippen LogP contribution in [-0.4, -0.2) is 57.1 Å². The number of hydrogen-bond donors (Lipinski definition) is 1. The molecule has 1 atom stereocenters. The van der Waals surface area contributed by atoms with E-state index in [1.165, 1.54) is 19.4 Å². The third kappa shape index (κ3) is 4.28. The highest BCUT2D eigenvalue weighted by Crippen LogP contribution is 2.31. The molecule has 0 saturated carbocycles. The average molecular weight is 370 g/mol. The first-order valence-corrected chi connectivity index (χ1v) is 8.82. The molecule has 8 nitrogen and oxygen atoms in total. The monoisotopic (exact) mass is 370 g/mol. The van der Waals surface area contributed by atoms with E-state index in [1.807, 2.05) is 11.0 Å². The molecule has 3 rings (SSSR count). The highest BCUT2D eigenvalue weighted by Gasteiger charge is 2.29. The number of aromatic carboxylic acids is 1. The van der Waals surface area contributed by atoms with Crippen LogP contribution in [0.1, 0.15) is 47.2 Å². The fourth-order valence-electron chi connectivity index (χ4n) is 3.35. The number of aryl methyl sites for hydroxylation is 1. The Morgan fingerprint density at radius 2 is 2.07 bits per heavy atom. The molecular formula is C19H22N4O4. The molecule has 27 heavy (non-hydrogen) atoms. The number of methoxy groups -OCH3 is 1. The van der Waals surface area contributed by atoms with E-state index >= 15 is 0 Å². The number of carboxylic acids is 1. The van der Waals surface area contributed by atoms with Crippen molar-refractivity contribution in [3.63, 3.8) is 0 Å². The van der Waals surface area contributed by atoms with Gasteiger partial charge in [-0.15, -0.1) is 0 Å². The van der Waals surface area contributed by atoms with E-state index in [-0.39, 0.29) is 24.1 Å². The van der Waals surface area contributed by atoms with Crippen molar-refractivity contribution in [3.8, 4) is 11.3 Å². The summed E-state index contributed by atoms with van der Waals surface area (Å²) in [6.45, 7) is 2.49. The van der Waals surface area contributed by atoms with E-state index in [9.17, 15) is 14.7 Å². The predicted molar refractivity (Wildman–Crippen MR) is 97.1 cm³/mol. The summed E-state index contributed by atoms with van der Waals surface area (Å²) in [6.07, 6.45) is 5.65. The van der Waals surface area contributed by atoms with Crippen LogP contribution in [0, 0.1) is 6.92 Å². The van der Waals surface area contributed by atoms with E-state index in [0.29, 0.717) is 23.6 Å². The van der Waals surface area contributed by atoms with Crippen molar-refractivity contribution in [2.75, 3.05) is 20.3 Å². The first kappa shape index (κ1) is 18.9. The molecule has 1 aliphatic rings. The summed E-state index contributed by atoms with van der Waals surface area (Å²) in [4.78, 5) is 38.4. The molecule has 0 bridgehead atoms. The van der Waals surface area contributed by atoms with Gasteiger partial charge in [0.15, 0.2) is 0 Å². The van der Waals surface area contributed by atoms with Crippen LogP contribution >= 0.6 is 0 Å². The number of carbonyl (C=O) groups excluding carboxylic acids is 1. The van der Waals surface area contributed by atoms with E-state index in [1.54, 1.807) is 13.1 Å². The van der Waals surface area contributed by atoms with Crippen molar-refractivity contribution in [1.82, 2.24) is 19.9 Å². The molecule has 1 amide bonds. The van der Waals surface area contributed by atoms with Gasteiger partial charge in [0.25, 0.3) is 0 Å². The van der Waals surface area contributed by atoms with Crippen LogP contribution in [0.4, 0.5) is 0 Å². The molecule has 1 fully saturated rings. The number of amides is 1. The van der Waals surface area contributed by atoms with Crippen molar-refractivity contribution in [2.45, 2.75) is 32.2 Å². The van der Waals surface area contributed by atoms with Crippen LogP contribution in [0.15, 0.2) is 24.5 Å². The molecule has 0 aliphatic carbocycles. The fourth-order valence-corrected chi connectivity index (χ4v) is 3.35. The quantitative estimate of drug-likeness (QED) is 0.860. The largest absolute Gasteiger partial charge is 0.478 e. The Bertz CT molecular complexity index is 855. The second kappa shape index (κ2) is 8.22. The zero-order valence-electron chi connectivity index (χ0n) is 15.4. The standard InChI is InChI=1S/C19H22N4O4/c1-12-21-15(13-7-14(19(25)26)10-20-9-13)8-16(22-12)17-5-3-4-6-23(17)18(24)11-27-2/h7-10,17H,3-6,11H2,1-2H3,(H,25,26)/t17-/m1/s1. The molecule has 8 heteroatoms. The third-order valence-electron chi connectivity index (χ3n) is 4.57. The zero-order chi connectivity index (χ0) is 19.4. The van der Waals surface area contributed by atoms with Crippen molar-refractivity contribution >= 4 is 11.9 Å². The fraction of sp³-hybridized carbons (Fsp3) is 0.421. The number of hydrogen-bond acceptors (Lipinski definition) is 6. The van der Waals surface area contributed by atoms with Gasteiger partial charge in [0.05, 0.1) is 23.0 Å². The molecule has 0 spiro atoms. The number of ether oxygens (including phenoxy) is 1. The molecule has 0 unspecified atom stereocenters. The number of likely N-dealkylation sites (tertiary alicyclic amines) is 1. The van der Waals surface area contributed by atoms with Gasteiger partial charge in [-0.2, -0.15) is 0 Å². The first-order chi connectivity index (χ1) is 13.0. The minimum absolute atomic E-state index is 0.0397. The number of piperidine rings is 1. The van der Waals surface area contributed by atoms with Crippen LogP contribution in [0.25, 0.3) is 11.3 Å². The second-order valence-electron chi connectivity index (χ2n) is 6.52. The maximum Gasteiger partial charge on any atom is 0.337 e. The summed E-state index contributed by atoms with van der Waals surface area (Å²) < 4.78 is 5.01. The summed E-state index contributed by atoms with van der Waals surface area (Å²) in [6, 6.07) is 3.21. The lowest BCUT2D eigenvalue weighted by atomic mass is 9.97. The highest BCUT2D eigenvalue weighted by atomic mass is 16.5. The van der Waals surface area contributed by atoms with Crippen LogP contribution in [0.2, 0.25) is 0 Å². The number of carboxylic acid groups (broad SMARTS) is 1. The Balaban J connectivity index is 1.98. The second-order valence-corrected chi connectivity index (χ2v) is 6.52. The molecule has 142 valence electrons. The maximum absolute atomic E-state index is 12.4. The van der Waals surface area contributed by atoms with Gasteiger partial charge in [-0.25, -0.2) is 14.8 Å². The van der Waals surface area contributed by atoms with Gasteiger partial charge in [-0.3, -0.25) is 9.78 Å². The average Bonchev–Trinajstić information content (AvgIpc) is 2.68. The van der Waals surface area contributed by atoms with Crippen molar-refractivity contribution in [2.24, 2.45) is 0 Å². The van der Waals surface area contributed by atoms with Crippen LogP contribution in [-0.2, 0) is 9.53 Å². The summed E-state index contributed by atoms with van der Waals surface area (Å²) in [5, 5.41) is 9.19. The molecule has 3 heterocycles. The summed E-state index contributed by atoms with van der Waals surface area (Å²) in [5.74, 6) is -0.540. The van der Waals surface area contributed by atoms with Crippen LogP contribution < -0.4 is 0 Å². The van der Waals surface area contributed by atoms with Gasteiger partial charge >= 0.3 is 5.97 Å². The van der Waals surface area contributed by atoms with Gasteiger partial charge in [0.2, 0.25) is 5.91 Å². The van der Waals surface area contributed by atoms with Gasteiger partial charge < -0.3 is 14.7 Å². The number of carbonyl (C=O) groups is 2. The SMILES string of the molecule is COCC(=O)N1CCCC[C@@H]1c1cc(-c2cncc(C(=O)O)c2)nc(C)n1. The summed E-state index contributed by atoms with van der Waals surface area (Å²) in [5.41, 5.74) is 2.05. The number of rotatable bonds is 5. The Morgan fingerprint density at radius 3 is 2.81 bits per heavy atom. The van der Waals surface area contributed by atoms with E-state index in [4.69, 9.17) is 4.74 Å². The Morgan fingerprint density at radius 1 is 1.26 bits per heavy atom. The number of aromatic nitrogens is 3. The lowest BCUT2D eigenvalue weighted by Gasteiger charge is -2.35. The third-order valence-corrected chi connectivity index (χ3v) is 4.57. The van der Waals surface area contributed by atoms with Crippen molar-refractivity contribution < 1.29 is 19.4 Å². The van der Waals surface area contributed by atoms with Gasteiger partial charge in [0, 0.05) is 31.6 Å². The number of pyridine rings is 1. The first-order valence-electron chi connectivity index (χ1n) is 8.82. The molecule has 1 N–H and O–H groups in total. The van der Waals surface area contributed by atoms with Crippen LogP contribution in [0.3, 0.4) is 0 Å². The van der Waals surface area contributed by atoms with E-state index in [0.717, 1.165) is 25.0 Å². The molecule has 1 saturated heterocycles. The van der Waals surface area contributed by atoms with Crippen molar-refractivity contribution in [1.29, 1.82) is 0 Å². The van der Waals surface area contributed by atoms with E-state index < -0.39 is 5.97 Å². The van der Waals surface area contributed by atoms with E-state index in [2.05, 4.69) is 15.0 Å². The maximum atomic E-state index is 12.4. The lowest BCUT2D eigenvalue weighted by Crippen LogP contribution is -2.40. The predicted octanol–water partition coefficient (Wildman–Crippen LogP) is 2.25. The topological polar surface area (TPSA) is 106 Å². The Hall–Kier alpha value is -2.87. The molecule has 1 aliphatic heterocycles. The normalized spacial score (nSPS) is 17.0. The lowest BCUT2D eigenvalue weighted by molar-refractivity contribution is -0.139. The molecule has 2 aromatic heterocycles. The van der Waals surface area contributed by atoms with Crippen LogP contribution in [0.5, 0.6) is 0 Å². The minimum Gasteiger partial charge on any atom is -0.478 e. The summed E-state index contributed by atoms with van der Waals surface area (Å²) in [7, 11) is 1.51. The molecule has 0 radical (unpaired) electrons. The molecule has 0 aromatic carbocycles. The molecular weight excluding hydrogens is 348 g/mol. The molecule has 2 aromatic rings. The Labute approximate surface area is 157 Å². The van der Waals surface area contributed by atoms with Crippen molar-refractivity contribution in [3.05, 3.63) is 41.6 Å². The summed E-state index contributed by atoms with van der Waals surface area (Å²) >= 11 is 0. The number of nitrogens with zero attached hydrogens (tertiary/aromatic N) is 4. The zero-order valence-corrected chi connectivity index (χ0v) is 15.4. The van der Waals surface area contributed by atoms with Gasteiger partial charge in [-0.1, -0.05) is 0 Å². The Kier molecular flexibility index (Phi) is 5.75. The smallest absolute Gasteiger partial charge is 0.337 e. The highest BCUT2D eigenvalue weighted by molar-refractivity contribution is 5.88. The van der Waals surface area contributed by atoms with Gasteiger partial charge in [-0.05, 0) is 38.3 Å². The minimum atomic E-state index is -1.04. The van der Waals surface area contributed by atoms with Gasteiger partial charge in [0.1, 0.15) is 12.4 Å².